The van der Waals surface area contributed by atoms with Gasteiger partial charge in [-0.25, -0.2) is 0 Å². The molecule has 1 amide bonds. The Morgan fingerprint density at radius 1 is 1.30 bits per heavy atom. The van der Waals surface area contributed by atoms with Gasteiger partial charge in [-0.2, -0.15) is 0 Å². The highest BCUT2D eigenvalue weighted by Crippen LogP contribution is 2.31. The number of nitrogens with zero attached hydrogens (tertiary/aromatic N) is 4. The van der Waals surface area contributed by atoms with E-state index in [4.69, 9.17) is 4.42 Å². The van der Waals surface area contributed by atoms with Crippen molar-refractivity contribution in [3.05, 3.63) is 36.3 Å². The average Bonchev–Trinajstić information content (AvgIpc) is 3.04. The lowest BCUT2D eigenvalue weighted by molar-refractivity contribution is 0.0639. The number of aromatic nitrogens is 3. The first kappa shape index (κ1) is 14.5. The van der Waals surface area contributed by atoms with Crippen LogP contribution in [0.2, 0.25) is 0 Å². The Balaban J connectivity index is 1.39. The molecule has 6 nitrogen and oxygen atoms in total. The van der Waals surface area contributed by atoms with E-state index < -0.39 is 0 Å². The van der Waals surface area contributed by atoms with Gasteiger partial charge in [0.2, 0.25) is 0 Å². The summed E-state index contributed by atoms with van der Waals surface area (Å²) in [6, 6.07) is 3.49. The second-order valence-corrected chi connectivity index (χ2v) is 6.78. The van der Waals surface area contributed by atoms with Crippen LogP contribution in [0.5, 0.6) is 0 Å². The molecule has 1 saturated heterocycles. The first-order chi connectivity index (χ1) is 11.3. The van der Waals surface area contributed by atoms with Crippen molar-refractivity contribution in [2.45, 2.75) is 38.6 Å². The van der Waals surface area contributed by atoms with E-state index >= 15 is 0 Å². The number of furan rings is 1. The molecule has 0 N–H and O–H groups in total. The molecule has 0 radical (unpaired) electrons. The lowest BCUT2D eigenvalue weighted by Crippen LogP contribution is -2.40. The largest absolute Gasteiger partial charge is 0.459 e. The van der Waals surface area contributed by atoms with E-state index in [0.717, 1.165) is 50.6 Å². The zero-order chi connectivity index (χ0) is 15.6. The lowest BCUT2D eigenvalue weighted by Gasteiger charge is -2.32. The van der Waals surface area contributed by atoms with Crippen LogP contribution in [0.4, 0.5) is 0 Å². The van der Waals surface area contributed by atoms with Crippen molar-refractivity contribution in [1.29, 1.82) is 0 Å². The Labute approximate surface area is 135 Å². The second kappa shape index (κ2) is 6.18. The normalized spacial score (nSPS) is 21.6. The summed E-state index contributed by atoms with van der Waals surface area (Å²) in [7, 11) is 0. The fourth-order valence-corrected chi connectivity index (χ4v) is 3.40. The highest BCUT2D eigenvalue weighted by atomic mass is 16.3. The zero-order valence-corrected chi connectivity index (χ0v) is 13.2. The predicted molar refractivity (Wildman–Crippen MR) is 83.8 cm³/mol. The number of rotatable bonds is 5. The minimum Gasteiger partial charge on any atom is -0.459 e. The van der Waals surface area contributed by atoms with Gasteiger partial charge >= 0.3 is 0 Å². The van der Waals surface area contributed by atoms with Gasteiger partial charge in [0.15, 0.2) is 5.76 Å². The minimum absolute atomic E-state index is 0.000790. The summed E-state index contributed by atoms with van der Waals surface area (Å²) in [4.78, 5) is 14.3. The minimum atomic E-state index is -0.000790. The first-order valence-corrected chi connectivity index (χ1v) is 8.49. The Morgan fingerprint density at radius 3 is 3.00 bits per heavy atom. The van der Waals surface area contributed by atoms with E-state index in [2.05, 4.69) is 14.8 Å². The summed E-state index contributed by atoms with van der Waals surface area (Å²) in [5, 5.41) is 8.38. The van der Waals surface area contributed by atoms with Crippen LogP contribution in [0, 0.1) is 11.8 Å². The molecule has 0 aromatic carbocycles. The summed E-state index contributed by atoms with van der Waals surface area (Å²) >= 11 is 0. The molecule has 2 aliphatic rings. The van der Waals surface area contributed by atoms with Crippen molar-refractivity contribution in [3.8, 4) is 0 Å². The van der Waals surface area contributed by atoms with Crippen LogP contribution in [0.15, 0.2) is 29.1 Å². The Bertz CT molecular complexity index is 660. The van der Waals surface area contributed by atoms with Crippen LogP contribution in [0.25, 0.3) is 0 Å². The molecule has 6 heteroatoms. The maximum absolute atomic E-state index is 12.4. The standard InChI is InChI=1S/C17H22N4O2/c22-17(15-4-2-8-23-15)20-7-1-3-14(11-20)9-16-19-18-12-21(16)10-13-5-6-13/h2,4,8,12-14H,1,3,5-7,9-11H2. The van der Waals surface area contributed by atoms with Crippen molar-refractivity contribution in [3.63, 3.8) is 0 Å². The van der Waals surface area contributed by atoms with Gasteiger partial charge in [0, 0.05) is 26.1 Å². The van der Waals surface area contributed by atoms with E-state index in [1.54, 1.807) is 18.4 Å². The third kappa shape index (κ3) is 3.30. The SMILES string of the molecule is O=C(c1ccco1)N1CCCC(Cc2nncn2CC2CC2)C1. The van der Waals surface area contributed by atoms with Crippen LogP contribution >= 0.6 is 0 Å². The number of hydrogen-bond donors (Lipinski definition) is 0. The molecule has 1 aliphatic carbocycles. The fourth-order valence-electron chi connectivity index (χ4n) is 3.40. The zero-order valence-electron chi connectivity index (χ0n) is 13.2. The predicted octanol–water partition coefficient (Wildman–Crippen LogP) is 2.38. The Morgan fingerprint density at radius 2 is 2.22 bits per heavy atom. The maximum Gasteiger partial charge on any atom is 0.289 e. The highest BCUT2D eigenvalue weighted by molar-refractivity contribution is 5.91. The molecule has 122 valence electrons. The fraction of sp³-hybridized carbons (Fsp3) is 0.588. The average molecular weight is 314 g/mol. The second-order valence-electron chi connectivity index (χ2n) is 6.78. The summed E-state index contributed by atoms with van der Waals surface area (Å²) in [6.45, 7) is 2.63. The van der Waals surface area contributed by atoms with Crippen molar-refractivity contribution in [2.75, 3.05) is 13.1 Å². The Kier molecular flexibility index (Phi) is 3.89. The van der Waals surface area contributed by atoms with E-state index in [0.29, 0.717) is 11.7 Å². The molecule has 1 aliphatic heterocycles. The first-order valence-electron chi connectivity index (χ1n) is 8.49. The summed E-state index contributed by atoms with van der Waals surface area (Å²) in [6.07, 6.45) is 9.12. The molecule has 23 heavy (non-hydrogen) atoms. The van der Waals surface area contributed by atoms with Crippen LogP contribution in [-0.4, -0.2) is 38.7 Å². The summed E-state index contributed by atoms with van der Waals surface area (Å²) < 4.78 is 7.44. The van der Waals surface area contributed by atoms with Gasteiger partial charge in [0.05, 0.1) is 6.26 Å². The van der Waals surface area contributed by atoms with Gasteiger partial charge in [-0.15, -0.1) is 10.2 Å². The summed E-state index contributed by atoms with van der Waals surface area (Å²) in [5.41, 5.74) is 0. The van der Waals surface area contributed by atoms with Crippen LogP contribution in [0.3, 0.4) is 0 Å². The number of carbonyl (C=O) groups is 1. The maximum atomic E-state index is 12.4. The molecular weight excluding hydrogens is 292 g/mol. The molecule has 2 aromatic heterocycles. The van der Waals surface area contributed by atoms with E-state index in [1.807, 2.05) is 11.2 Å². The number of carbonyl (C=O) groups excluding carboxylic acids is 1. The van der Waals surface area contributed by atoms with Gasteiger partial charge in [-0.1, -0.05) is 0 Å². The van der Waals surface area contributed by atoms with Gasteiger partial charge < -0.3 is 13.9 Å². The van der Waals surface area contributed by atoms with Crippen LogP contribution < -0.4 is 0 Å². The van der Waals surface area contributed by atoms with Gasteiger partial charge in [0.1, 0.15) is 12.2 Å². The topological polar surface area (TPSA) is 64.2 Å². The third-order valence-corrected chi connectivity index (χ3v) is 4.86. The van der Waals surface area contributed by atoms with Crippen LogP contribution in [-0.2, 0) is 13.0 Å². The van der Waals surface area contributed by atoms with Crippen molar-refractivity contribution in [1.82, 2.24) is 19.7 Å². The Hall–Kier alpha value is -2.11. The third-order valence-electron chi connectivity index (χ3n) is 4.86. The molecule has 2 aromatic rings. The quantitative estimate of drug-likeness (QED) is 0.850. The van der Waals surface area contributed by atoms with Crippen LogP contribution in [0.1, 0.15) is 42.1 Å². The molecule has 0 bridgehead atoms. The monoisotopic (exact) mass is 314 g/mol. The summed E-state index contributed by atoms with van der Waals surface area (Å²) in [5.74, 6) is 2.76. The number of piperidine rings is 1. The van der Waals surface area contributed by atoms with Crippen molar-refractivity contribution < 1.29 is 9.21 Å². The van der Waals surface area contributed by atoms with Gasteiger partial charge in [0.25, 0.3) is 5.91 Å². The van der Waals surface area contributed by atoms with E-state index in [1.165, 1.54) is 12.8 Å². The number of amides is 1. The molecule has 1 saturated carbocycles. The molecule has 2 fully saturated rings. The molecule has 1 unspecified atom stereocenters. The molecule has 0 spiro atoms. The van der Waals surface area contributed by atoms with Gasteiger partial charge in [-0.3, -0.25) is 4.79 Å². The molecular formula is C17H22N4O2. The molecule has 1 atom stereocenters. The van der Waals surface area contributed by atoms with E-state index in [-0.39, 0.29) is 5.91 Å². The number of likely N-dealkylation sites (tertiary alicyclic amines) is 1. The molecule has 3 heterocycles. The van der Waals surface area contributed by atoms with Crippen molar-refractivity contribution in [2.24, 2.45) is 11.8 Å². The van der Waals surface area contributed by atoms with E-state index in [9.17, 15) is 4.79 Å². The molecule has 4 rings (SSSR count). The van der Waals surface area contributed by atoms with Crippen molar-refractivity contribution >= 4 is 5.91 Å². The smallest absolute Gasteiger partial charge is 0.289 e. The lowest BCUT2D eigenvalue weighted by atomic mass is 9.94. The highest BCUT2D eigenvalue weighted by Gasteiger charge is 2.28. The van der Waals surface area contributed by atoms with Gasteiger partial charge in [-0.05, 0) is 49.7 Å². The number of hydrogen-bond acceptors (Lipinski definition) is 4.